The van der Waals surface area contributed by atoms with Crippen molar-refractivity contribution >= 4 is 27.0 Å². The third-order valence-corrected chi connectivity index (χ3v) is 8.99. The lowest BCUT2D eigenvalue weighted by Gasteiger charge is -2.26. The minimum Gasteiger partial charge on any atom is -0.497 e. The van der Waals surface area contributed by atoms with E-state index in [2.05, 4.69) is 19.5 Å². The van der Waals surface area contributed by atoms with Gasteiger partial charge < -0.3 is 18.6 Å². The summed E-state index contributed by atoms with van der Waals surface area (Å²) >= 11 is 1.56. The Hall–Kier alpha value is -3.25. The lowest BCUT2D eigenvalue weighted by atomic mass is 10.1. The van der Waals surface area contributed by atoms with Crippen molar-refractivity contribution in [3.63, 3.8) is 0 Å². The monoisotopic (exact) mass is 539 g/mol. The molecule has 0 spiro atoms. The Morgan fingerprint density at radius 3 is 2.49 bits per heavy atom. The number of benzene rings is 2. The molecule has 0 N–H and O–H groups in total. The summed E-state index contributed by atoms with van der Waals surface area (Å²) in [5.74, 6) is 0.808. The van der Waals surface area contributed by atoms with Crippen molar-refractivity contribution in [2.75, 3.05) is 33.4 Å². The molecule has 11 heteroatoms. The number of hydrogen-bond acceptors (Lipinski definition) is 7. The van der Waals surface area contributed by atoms with Crippen molar-refractivity contribution in [3.05, 3.63) is 77.4 Å². The van der Waals surface area contributed by atoms with E-state index in [9.17, 15) is 8.42 Å². The molecule has 1 saturated heterocycles. The van der Waals surface area contributed by atoms with Gasteiger partial charge in [0.1, 0.15) is 5.75 Å². The van der Waals surface area contributed by atoms with Crippen LogP contribution in [0.25, 0.3) is 11.3 Å². The van der Waals surface area contributed by atoms with Gasteiger partial charge in [-0.1, -0.05) is 0 Å². The molecule has 194 valence electrons. The van der Waals surface area contributed by atoms with E-state index >= 15 is 0 Å². The number of aromatic nitrogens is 3. The number of sulfonamides is 1. The summed E-state index contributed by atoms with van der Waals surface area (Å²) in [6.45, 7) is 3.20. The molecule has 0 radical (unpaired) electrons. The molecule has 1 aliphatic rings. The summed E-state index contributed by atoms with van der Waals surface area (Å²) in [5.41, 5.74) is 2.85. The minimum atomic E-state index is -3.54. The van der Waals surface area contributed by atoms with Gasteiger partial charge in [-0.3, -0.25) is 0 Å². The maximum absolute atomic E-state index is 13.0. The van der Waals surface area contributed by atoms with Crippen LogP contribution >= 0.6 is 11.3 Å². The van der Waals surface area contributed by atoms with Crippen LogP contribution in [0.15, 0.2) is 82.5 Å². The van der Waals surface area contributed by atoms with Crippen LogP contribution in [-0.4, -0.2) is 60.3 Å². The molecule has 0 atom stereocenters. The van der Waals surface area contributed by atoms with Gasteiger partial charge in [0.25, 0.3) is 0 Å². The van der Waals surface area contributed by atoms with Crippen molar-refractivity contribution in [3.8, 4) is 17.0 Å². The van der Waals surface area contributed by atoms with E-state index in [-0.39, 0.29) is 4.90 Å². The van der Waals surface area contributed by atoms with E-state index < -0.39 is 10.0 Å². The molecule has 1 aliphatic heterocycles. The van der Waals surface area contributed by atoms with Crippen molar-refractivity contribution in [1.82, 2.24) is 18.4 Å². The van der Waals surface area contributed by atoms with Gasteiger partial charge >= 0.3 is 0 Å². The Morgan fingerprint density at radius 2 is 1.81 bits per heavy atom. The van der Waals surface area contributed by atoms with Crippen molar-refractivity contribution in [1.29, 1.82) is 0 Å². The van der Waals surface area contributed by atoms with Crippen molar-refractivity contribution < 1.29 is 17.9 Å². The van der Waals surface area contributed by atoms with Gasteiger partial charge in [-0.25, -0.2) is 18.4 Å². The topological polar surface area (TPSA) is 91.0 Å². The number of rotatable bonds is 9. The maximum Gasteiger partial charge on any atom is 0.243 e. The number of methoxy groups -OCH3 is 1. The molecule has 2 aromatic carbocycles. The first-order valence-electron chi connectivity index (χ1n) is 12.1. The second kappa shape index (κ2) is 11.4. The van der Waals surface area contributed by atoms with Gasteiger partial charge in [0.15, 0.2) is 4.80 Å². The first-order valence-corrected chi connectivity index (χ1v) is 14.4. The van der Waals surface area contributed by atoms with Crippen LogP contribution in [-0.2, 0) is 27.8 Å². The van der Waals surface area contributed by atoms with Gasteiger partial charge in [0.2, 0.25) is 10.0 Å². The fourth-order valence-electron chi connectivity index (χ4n) is 4.20. The molecule has 0 aliphatic carbocycles. The lowest BCUT2D eigenvalue weighted by molar-refractivity contribution is 0.0730. The highest BCUT2D eigenvalue weighted by molar-refractivity contribution is 7.89. The third kappa shape index (κ3) is 5.85. The van der Waals surface area contributed by atoms with E-state index in [1.54, 1.807) is 48.9 Å². The predicted molar refractivity (Wildman–Crippen MR) is 142 cm³/mol. The number of imidazole rings is 1. The van der Waals surface area contributed by atoms with Crippen LogP contribution in [0.3, 0.4) is 0 Å². The number of ether oxygens (including phenoxy) is 2. The first-order chi connectivity index (χ1) is 18.0. The molecule has 4 aromatic rings. The molecule has 0 unspecified atom stereocenters. The van der Waals surface area contributed by atoms with Gasteiger partial charge in [-0.2, -0.15) is 4.31 Å². The zero-order valence-electron chi connectivity index (χ0n) is 20.6. The average Bonchev–Trinajstić information content (AvgIpc) is 3.60. The zero-order valence-corrected chi connectivity index (χ0v) is 22.2. The average molecular weight is 540 g/mol. The summed E-state index contributed by atoms with van der Waals surface area (Å²) in [6, 6.07) is 14.8. The van der Waals surface area contributed by atoms with Gasteiger partial charge in [0, 0.05) is 44.0 Å². The number of thiazole rings is 1. The van der Waals surface area contributed by atoms with Gasteiger partial charge in [0.05, 0.1) is 42.9 Å². The largest absolute Gasteiger partial charge is 0.497 e. The lowest BCUT2D eigenvalue weighted by Crippen LogP contribution is -2.40. The second-order valence-electron chi connectivity index (χ2n) is 8.56. The van der Waals surface area contributed by atoms with Crippen LogP contribution in [0.4, 0.5) is 5.69 Å². The Labute approximate surface area is 220 Å². The van der Waals surface area contributed by atoms with Crippen LogP contribution < -0.4 is 9.54 Å². The van der Waals surface area contributed by atoms with E-state index in [4.69, 9.17) is 14.5 Å². The fourth-order valence-corrected chi connectivity index (χ4v) is 6.56. The van der Waals surface area contributed by atoms with E-state index in [0.29, 0.717) is 32.0 Å². The highest BCUT2D eigenvalue weighted by Crippen LogP contribution is 2.25. The van der Waals surface area contributed by atoms with E-state index in [1.807, 2.05) is 36.8 Å². The van der Waals surface area contributed by atoms with Crippen molar-refractivity contribution in [2.45, 2.75) is 24.4 Å². The summed E-state index contributed by atoms with van der Waals surface area (Å²) in [7, 11) is -1.88. The number of nitrogens with zero attached hydrogens (tertiary/aromatic N) is 5. The van der Waals surface area contributed by atoms with Gasteiger partial charge in [-0.15, -0.1) is 11.3 Å². The Bertz CT molecular complexity index is 1470. The summed E-state index contributed by atoms with van der Waals surface area (Å²) in [5, 5.41) is 2.11. The molecule has 2 aromatic heterocycles. The molecular formula is C26H29N5O4S2. The fraction of sp³-hybridized carbons (Fsp3) is 0.308. The van der Waals surface area contributed by atoms with Gasteiger partial charge in [-0.05, 0) is 60.5 Å². The smallest absolute Gasteiger partial charge is 0.243 e. The zero-order chi connectivity index (χ0) is 25.7. The SMILES string of the molecule is COc1ccc(-c2csc(=Nc3ccc(S(=O)(=O)N4CCOCC4)cc3)n2CCCn2ccnc2)cc1. The number of hydrogen-bond donors (Lipinski definition) is 0. The molecule has 0 amide bonds. The predicted octanol–water partition coefficient (Wildman–Crippen LogP) is 3.77. The van der Waals surface area contributed by atoms with Crippen LogP contribution in [0.1, 0.15) is 6.42 Å². The molecule has 5 rings (SSSR count). The molecule has 1 fully saturated rings. The molecular weight excluding hydrogens is 510 g/mol. The number of morpholine rings is 1. The first kappa shape index (κ1) is 25.4. The molecule has 0 saturated carbocycles. The highest BCUT2D eigenvalue weighted by atomic mass is 32.2. The van der Waals surface area contributed by atoms with Crippen LogP contribution in [0, 0.1) is 0 Å². The minimum absolute atomic E-state index is 0.270. The summed E-state index contributed by atoms with van der Waals surface area (Å²) < 4.78 is 42.3. The summed E-state index contributed by atoms with van der Waals surface area (Å²) in [6.07, 6.45) is 6.46. The Morgan fingerprint density at radius 1 is 1.05 bits per heavy atom. The van der Waals surface area contributed by atoms with Crippen LogP contribution in [0.5, 0.6) is 5.75 Å². The van der Waals surface area contributed by atoms with E-state index in [1.165, 1.54) is 4.31 Å². The molecule has 9 nitrogen and oxygen atoms in total. The van der Waals surface area contributed by atoms with Crippen molar-refractivity contribution in [2.24, 2.45) is 4.99 Å². The Kier molecular flexibility index (Phi) is 7.85. The highest BCUT2D eigenvalue weighted by Gasteiger charge is 2.26. The van der Waals surface area contributed by atoms with E-state index in [0.717, 1.165) is 41.3 Å². The Balaban J connectivity index is 1.43. The normalized spacial score (nSPS) is 15.2. The molecule has 3 heterocycles. The second-order valence-corrected chi connectivity index (χ2v) is 11.3. The quantitative estimate of drug-likeness (QED) is 0.323. The molecule has 37 heavy (non-hydrogen) atoms. The standard InChI is InChI=1S/C26H29N5O4S2/c1-34-23-7-3-21(4-8-23)25-19-36-26(31(25)13-2-12-29-14-11-27-20-29)28-22-5-9-24(10-6-22)37(32,33)30-15-17-35-18-16-30/h3-11,14,19-20H,2,12-13,15-18H2,1H3. The van der Waals surface area contributed by atoms with Crippen LogP contribution in [0.2, 0.25) is 0 Å². The number of aryl methyl sites for hydroxylation is 1. The maximum atomic E-state index is 13.0. The third-order valence-electron chi connectivity index (χ3n) is 6.21. The summed E-state index contributed by atoms with van der Waals surface area (Å²) in [4.78, 5) is 10.1. The molecule has 0 bridgehead atoms.